The van der Waals surface area contributed by atoms with E-state index in [9.17, 15) is 0 Å². The molecule has 2 rings (SSSR count). The maximum Gasteiger partial charge on any atom is 0.213 e. The number of pyridine rings is 1. The number of guanidine groups is 1. The molecule has 0 spiro atoms. The Hall–Kier alpha value is -2.80. The Morgan fingerprint density at radius 1 is 0.966 bits per heavy atom. The third-order valence-corrected chi connectivity index (χ3v) is 3.87. The second-order valence-electron chi connectivity index (χ2n) is 6.19. The summed E-state index contributed by atoms with van der Waals surface area (Å²) in [5.74, 6) is 2.21. The summed E-state index contributed by atoms with van der Waals surface area (Å²) in [5.41, 5.74) is 1.02. The molecular weight excluding hydrogens is 368 g/mol. The van der Waals surface area contributed by atoms with Crippen molar-refractivity contribution >= 4 is 5.96 Å². The van der Waals surface area contributed by atoms with Crippen molar-refractivity contribution in [2.24, 2.45) is 4.99 Å². The summed E-state index contributed by atoms with van der Waals surface area (Å²) in [6.07, 6.45) is 2.73. The van der Waals surface area contributed by atoms with Crippen LogP contribution in [0.2, 0.25) is 0 Å². The lowest BCUT2D eigenvalue weighted by Crippen LogP contribution is -2.38. The molecule has 1 aromatic carbocycles. The number of aromatic nitrogens is 1. The number of rotatable bonds is 13. The van der Waals surface area contributed by atoms with E-state index in [1.165, 1.54) is 0 Å². The molecule has 0 amide bonds. The van der Waals surface area contributed by atoms with Crippen molar-refractivity contribution in [3.8, 4) is 11.6 Å². The first kappa shape index (κ1) is 22.5. The molecule has 0 aliphatic rings. The monoisotopic (exact) mass is 400 g/mol. The minimum Gasteiger partial charge on any atom is -0.490 e. The van der Waals surface area contributed by atoms with Gasteiger partial charge < -0.3 is 24.8 Å². The summed E-state index contributed by atoms with van der Waals surface area (Å²) in [4.78, 5) is 8.93. The highest BCUT2D eigenvalue weighted by atomic mass is 16.5. The molecule has 1 aromatic heterocycles. The first-order chi connectivity index (χ1) is 14.3. The summed E-state index contributed by atoms with van der Waals surface area (Å²) in [6, 6.07) is 13.5. The predicted molar refractivity (Wildman–Crippen MR) is 116 cm³/mol. The lowest BCUT2D eigenvalue weighted by atomic mass is 10.3. The van der Waals surface area contributed by atoms with Crippen molar-refractivity contribution in [2.75, 3.05) is 39.5 Å². The number of benzene rings is 1. The van der Waals surface area contributed by atoms with Crippen molar-refractivity contribution < 1.29 is 14.2 Å². The van der Waals surface area contributed by atoms with E-state index in [2.05, 4.69) is 20.6 Å². The molecule has 0 aliphatic heterocycles. The molecule has 0 aliphatic carbocycles. The van der Waals surface area contributed by atoms with Gasteiger partial charge in [0.15, 0.2) is 5.96 Å². The molecule has 0 radical (unpaired) electrons. The fraction of sp³-hybridized carbons (Fsp3) is 0.455. The van der Waals surface area contributed by atoms with E-state index in [0.717, 1.165) is 50.0 Å². The van der Waals surface area contributed by atoms with Gasteiger partial charge >= 0.3 is 0 Å². The van der Waals surface area contributed by atoms with Gasteiger partial charge in [0.25, 0.3) is 0 Å². The Balaban J connectivity index is 1.71. The Morgan fingerprint density at radius 2 is 1.79 bits per heavy atom. The number of nitrogens with one attached hydrogen (secondary N) is 2. The zero-order valence-corrected chi connectivity index (χ0v) is 17.4. The van der Waals surface area contributed by atoms with Gasteiger partial charge in [-0.2, -0.15) is 0 Å². The van der Waals surface area contributed by atoms with Crippen LogP contribution < -0.4 is 20.1 Å². The number of para-hydroxylation sites is 1. The van der Waals surface area contributed by atoms with Crippen LogP contribution >= 0.6 is 0 Å². The van der Waals surface area contributed by atoms with Gasteiger partial charge in [0.1, 0.15) is 19.0 Å². The number of hydrogen-bond acceptors (Lipinski definition) is 5. The molecule has 2 aromatic rings. The minimum atomic E-state index is 0.440. The minimum absolute atomic E-state index is 0.440. The van der Waals surface area contributed by atoms with Crippen LogP contribution in [0.1, 0.15) is 25.8 Å². The van der Waals surface area contributed by atoms with E-state index in [1.54, 1.807) is 6.20 Å². The van der Waals surface area contributed by atoms with Crippen LogP contribution in [0.5, 0.6) is 11.6 Å². The number of ether oxygens (including phenoxy) is 3. The van der Waals surface area contributed by atoms with Gasteiger partial charge in [-0.05, 0) is 38.0 Å². The summed E-state index contributed by atoms with van der Waals surface area (Å²) >= 11 is 0. The summed E-state index contributed by atoms with van der Waals surface area (Å²) in [7, 11) is 0. The van der Waals surface area contributed by atoms with Crippen LogP contribution in [-0.2, 0) is 11.3 Å². The van der Waals surface area contributed by atoms with E-state index < -0.39 is 0 Å². The van der Waals surface area contributed by atoms with Crippen LogP contribution in [0.3, 0.4) is 0 Å². The highest BCUT2D eigenvalue weighted by Gasteiger charge is 2.00. The molecule has 0 bridgehead atoms. The largest absolute Gasteiger partial charge is 0.490 e. The smallest absolute Gasteiger partial charge is 0.213 e. The van der Waals surface area contributed by atoms with Crippen molar-refractivity contribution in [3.05, 3.63) is 54.2 Å². The normalized spacial score (nSPS) is 11.2. The Kier molecular flexibility index (Phi) is 11.0. The number of aliphatic imine (C=N–C) groups is 1. The van der Waals surface area contributed by atoms with Crippen molar-refractivity contribution in [3.63, 3.8) is 0 Å². The standard InChI is InChI=1S/C22H32N4O3/c1-3-23-22(24-13-8-14-27-4-2)26-18-19-11-12-21(25-17-19)29-16-15-28-20-9-6-5-7-10-20/h5-7,9-12,17H,3-4,8,13-16,18H2,1-2H3,(H2,23,24,26). The van der Waals surface area contributed by atoms with Gasteiger partial charge in [-0.3, -0.25) is 0 Å². The molecule has 7 nitrogen and oxygen atoms in total. The van der Waals surface area contributed by atoms with Gasteiger partial charge in [-0.25, -0.2) is 9.98 Å². The fourth-order valence-electron chi connectivity index (χ4n) is 2.45. The van der Waals surface area contributed by atoms with Gasteiger partial charge in [-0.15, -0.1) is 0 Å². The second-order valence-corrected chi connectivity index (χ2v) is 6.19. The Labute approximate surface area is 173 Å². The number of nitrogens with zero attached hydrogens (tertiary/aromatic N) is 2. The first-order valence-electron chi connectivity index (χ1n) is 10.2. The second kappa shape index (κ2) is 14.2. The van der Waals surface area contributed by atoms with E-state index in [0.29, 0.717) is 25.6 Å². The van der Waals surface area contributed by atoms with E-state index in [4.69, 9.17) is 14.2 Å². The molecule has 0 atom stereocenters. The van der Waals surface area contributed by atoms with Crippen LogP contribution in [0.15, 0.2) is 53.7 Å². The number of hydrogen-bond donors (Lipinski definition) is 2. The molecule has 2 N–H and O–H groups in total. The van der Waals surface area contributed by atoms with Gasteiger partial charge in [-0.1, -0.05) is 24.3 Å². The SMILES string of the molecule is CCNC(=NCc1ccc(OCCOc2ccccc2)nc1)NCCCOCC. The zero-order chi connectivity index (χ0) is 20.6. The van der Waals surface area contributed by atoms with Crippen LogP contribution in [-0.4, -0.2) is 50.5 Å². The van der Waals surface area contributed by atoms with Gasteiger partial charge in [0.2, 0.25) is 5.88 Å². The zero-order valence-electron chi connectivity index (χ0n) is 17.4. The predicted octanol–water partition coefficient (Wildman–Crippen LogP) is 3.02. The van der Waals surface area contributed by atoms with Crippen LogP contribution in [0.25, 0.3) is 0 Å². The average Bonchev–Trinajstić information content (AvgIpc) is 2.76. The third kappa shape index (κ3) is 9.80. The van der Waals surface area contributed by atoms with Gasteiger partial charge in [0.05, 0.1) is 6.54 Å². The fourth-order valence-corrected chi connectivity index (χ4v) is 2.45. The molecule has 1 heterocycles. The van der Waals surface area contributed by atoms with Gasteiger partial charge in [0, 0.05) is 38.6 Å². The Bertz CT molecular complexity index is 693. The molecule has 0 saturated heterocycles. The van der Waals surface area contributed by atoms with E-state index in [-0.39, 0.29) is 0 Å². The first-order valence-corrected chi connectivity index (χ1v) is 10.2. The quantitative estimate of drug-likeness (QED) is 0.306. The van der Waals surface area contributed by atoms with Crippen molar-refractivity contribution in [1.82, 2.24) is 15.6 Å². The maximum absolute atomic E-state index is 5.62. The molecule has 29 heavy (non-hydrogen) atoms. The molecule has 158 valence electrons. The third-order valence-electron chi connectivity index (χ3n) is 3.87. The topological polar surface area (TPSA) is 77.0 Å². The van der Waals surface area contributed by atoms with E-state index >= 15 is 0 Å². The molecule has 0 saturated carbocycles. The van der Waals surface area contributed by atoms with Crippen LogP contribution in [0.4, 0.5) is 0 Å². The highest BCUT2D eigenvalue weighted by molar-refractivity contribution is 5.79. The lowest BCUT2D eigenvalue weighted by molar-refractivity contribution is 0.145. The van der Waals surface area contributed by atoms with Crippen LogP contribution in [0, 0.1) is 0 Å². The highest BCUT2D eigenvalue weighted by Crippen LogP contribution is 2.10. The lowest BCUT2D eigenvalue weighted by Gasteiger charge is -2.11. The molecule has 0 fully saturated rings. The maximum atomic E-state index is 5.62. The average molecular weight is 401 g/mol. The summed E-state index contributed by atoms with van der Waals surface area (Å²) in [5, 5.41) is 6.55. The Morgan fingerprint density at radius 3 is 2.52 bits per heavy atom. The molecule has 7 heteroatoms. The summed E-state index contributed by atoms with van der Waals surface area (Å²) < 4.78 is 16.6. The molecule has 0 unspecified atom stereocenters. The summed E-state index contributed by atoms with van der Waals surface area (Å²) in [6.45, 7) is 8.65. The van der Waals surface area contributed by atoms with E-state index in [1.807, 2.05) is 56.3 Å². The van der Waals surface area contributed by atoms with Crippen molar-refractivity contribution in [2.45, 2.75) is 26.8 Å². The van der Waals surface area contributed by atoms with Crippen molar-refractivity contribution in [1.29, 1.82) is 0 Å². The molecular formula is C22H32N4O3.